The lowest BCUT2D eigenvalue weighted by Crippen LogP contribution is -2.43. The highest BCUT2D eigenvalue weighted by Gasteiger charge is 2.26. The van der Waals surface area contributed by atoms with Gasteiger partial charge in [-0.25, -0.2) is 4.79 Å². The molecule has 8 nitrogen and oxygen atoms in total. The van der Waals surface area contributed by atoms with E-state index in [1.165, 1.54) is 6.07 Å². The lowest BCUT2D eigenvalue weighted by Gasteiger charge is -2.30. The largest absolute Gasteiger partial charge is 0.477 e. The summed E-state index contributed by atoms with van der Waals surface area (Å²) in [5.74, 6) is -0.0293. The number of carbonyl (C=O) groups is 2. The standard InChI is InChI=1S/C19H29ClN4O4/c1-5-27-17-13(15(21)25)10-14(20)16(23-17)22-11-6-8-12(9-7-11)28-18(26)24-19(2,3)4/h10-12H,5-9H2,1-4H3,(H2,21,25)(H,22,23)(H,24,26). The summed E-state index contributed by atoms with van der Waals surface area (Å²) >= 11 is 6.26. The van der Waals surface area contributed by atoms with Gasteiger partial charge < -0.3 is 25.8 Å². The number of hydrogen-bond donors (Lipinski definition) is 3. The molecule has 1 saturated carbocycles. The van der Waals surface area contributed by atoms with E-state index in [4.69, 9.17) is 26.8 Å². The summed E-state index contributed by atoms with van der Waals surface area (Å²) in [5.41, 5.74) is 5.18. The van der Waals surface area contributed by atoms with Crippen LogP contribution in [0.3, 0.4) is 0 Å². The van der Waals surface area contributed by atoms with E-state index in [2.05, 4.69) is 15.6 Å². The van der Waals surface area contributed by atoms with Crippen LogP contribution >= 0.6 is 11.6 Å². The van der Waals surface area contributed by atoms with Crippen LogP contribution in [0.1, 0.15) is 63.7 Å². The number of nitrogens with one attached hydrogen (secondary N) is 2. The first-order valence-corrected chi connectivity index (χ1v) is 9.85. The average Bonchev–Trinajstić information content (AvgIpc) is 2.57. The molecule has 28 heavy (non-hydrogen) atoms. The molecule has 0 aliphatic heterocycles. The first kappa shape index (κ1) is 22.1. The van der Waals surface area contributed by atoms with Crippen molar-refractivity contribution in [2.24, 2.45) is 5.73 Å². The molecule has 1 aromatic heterocycles. The summed E-state index contributed by atoms with van der Waals surface area (Å²) in [6, 6.07) is 1.60. The molecule has 0 radical (unpaired) electrons. The molecule has 1 aliphatic carbocycles. The van der Waals surface area contributed by atoms with E-state index in [-0.39, 0.29) is 29.1 Å². The Morgan fingerprint density at radius 2 is 1.93 bits per heavy atom. The Morgan fingerprint density at radius 3 is 2.46 bits per heavy atom. The number of rotatable bonds is 6. The second kappa shape index (κ2) is 9.32. The predicted octanol–water partition coefficient (Wildman–Crippen LogP) is 3.48. The van der Waals surface area contributed by atoms with Crippen molar-refractivity contribution in [1.82, 2.24) is 10.3 Å². The molecule has 2 rings (SSSR count). The van der Waals surface area contributed by atoms with Crippen molar-refractivity contribution < 1.29 is 19.1 Å². The van der Waals surface area contributed by atoms with Crippen molar-refractivity contribution in [2.75, 3.05) is 11.9 Å². The zero-order chi connectivity index (χ0) is 20.9. The SMILES string of the molecule is CCOc1nc(NC2CCC(OC(=O)NC(C)(C)C)CC2)c(Cl)cc1C(N)=O. The molecule has 1 aliphatic rings. The Kier molecular flexibility index (Phi) is 7.35. The fraction of sp³-hybridized carbons (Fsp3) is 0.632. The van der Waals surface area contributed by atoms with Gasteiger partial charge in [0.05, 0.1) is 11.6 Å². The number of carbonyl (C=O) groups excluding carboxylic acids is 2. The summed E-state index contributed by atoms with van der Waals surface area (Å²) in [7, 11) is 0. The van der Waals surface area contributed by atoms with E-state index in [1.807, 2.05) is 20.8 Å². The van der Waals surface area contributed by atoms with Crippen molar-refractivity contribution >= 4 is 29.4 Å². The third kappa shape index (κ3) is 6.44. The number of nitrogens with two attached hydrogens (primary N) is 1. The molecule has 9 heteroatoms. The summed E-state index contributed by atoms with van der Waals surface area (Å²) in [4.78, 5) is 27.8. The van der Waals surface area contributed by atoms with E-state index in [9.17, 15) is 9.59 Å². The Hall–Kier alpha value is -2.22. The van der Waals surface area contributed by atoms with Gasteiger partial charge in [-0.2, -0.15) is 4.98 Å². The molecule has 2 amide bonds. The van der Waals surface area contributed by atoms with Crippen LogP contribution in [-0.2, 0) is 4.74 Å². The first-order valence-electron chi connectivity index (χ1n) is 9.47. The zero-order valence-corrected chi connectivity index (χ0v) is 17.6. The monoisotopic (exact) mass is 412 g/mol. The fourth-order valence-corrected chi connectivity index (χ4v) is 3.21. The Labute approximate surface area is 170 Å². The van der Waals surface area contributed by atoms with Crippen molar-refractivity contribution in [1.29, 1.82) is 0 Å². The Bertz CT molecular complexity index is 713. The molecule has 1 fully saturated rings. The fourth-order valence-electron chi connectivity index (χ4n) is 3.00. The van der Waals surface area contributed by atoms with E-state index in [1.54, 1.807) is 6.92 Å². The molecule has 4 N–H and O–H groups in total. The maximum Gasteiger partial charge on any atom is 0.407 e. The molecule has 0 atom stereocenters. The smallest absolute Gasteiger partial charge is 0.407 e. The van der Waals surface area contributed by atoms with Crippen molar-refractivity contribution in [3.8, 4) is 5.88 Å². The Morgan fingerprint density at radius 1 is 1.29 bits per heavy atom. The highest BCUT2D eigenvalue weighted by molar-refractivity contribution is 6.33. The lowest BCUT2D eigenvalue weighted by molar-refractivity contribution is 0.0681. The molecule has 1 heterocycles. The van der Waals surface area contributed by atoms with E-state index >= 15 is 0 Å². The number of amides is 2. The number of halogens is 1. The quantitative estimate of drug-likeness (QED) is 0.658. The van der Waals surface area contributed by atoms with Gasteiger partial charge in [0.15, 0.2) is 0 Å². The van der Waals surface area contributed by atoms with Gasteiger partial charge in [-0.15, -0.1) is 0 Å². The normalized spacial score (nSPS) is 19.6. The summed E-state index contributed by atoms with van der Waals surface area (Å²) in [6.45, 7) is 7.88. The first-order chi connectivity index (χ1) is 13.1. The molecule has 0 bridgehead atoms. The number of primary amides is 1. The van der Waals surface area contributed by atoms with Gasteiger partial charge in [0, 0.05) is 11.6 Å². The molecule has 156 valence electrons. The van der Waals surface area contributed by atoms with Crippen LogP contribution in [0.4, 0.5) is 10.6 Å². The number of aromatic nitrogens is 1. The van der Waals surface area contributed by atoms with Gasteiger partial charge in [-0.05, 0) is 59.4 Å². The summed E-state index contributed by atoms with van der Waals surface area (Å²) in [6.07, 6.45) is 2.58. The van der Waals surface area contributed by atoms with Crippen molar-refractivity contribution in [3.63, 3.8) is 0 Å². The Balaban J connectivity index is 1.95. The second-order valence-corrected chi connectivity index (χ2v) is 8.27. The lowest BCUT2D eigenvalue weighted by atomic mass is 9.93. The van der Waals surface area contributed by atoms with E-state index < -0.39 is 12.0 Å². The van der Waals surface area contributed by atoms with Crippen LogP contribution in [-0.4, -0.2) is 41.3 Å². The molecule has 0 unspecified atom stereocenters. The van der Waals surface area contributed by atoms with Gasteiger partial charge in [0.1, 0.15) is 17.5 Å². The molecular weight excluding hydrogens is 384 g/mol. The van der Waals surface area contributed by atoms with Crippen LogP contribution in [0.5, 0.6) is 5.88 Å². The number of alkyl carbamates (subject to hydrolysis) is 1. The topological polar surface area (TPSA) is 116 Å². The average molecular weight is 413 g/mol. The summed E-state index contributed by atoms with van der Waals surface area (Å²) < 4.78 is 10.9. The van der Waals surface area contributed by atoms with Crippen LogP contribution in [0.25, 0.3) is 0 Å². The minimum Gasteiger partial charge on any atom is -0.477 e. The van der Waals surface area contributed by atoms with Crippen LogP contribution < -0.4 is 21.1 Å². The minimum absolute atomic E-state index is 0.111. The predicted molar refractivity (Wildman–Crippen MR) is 108 cm³/mol. The maximum absolute atomic E-state index is 11.9. The van der Waals surface area contributed by atoms with Crippen molar-refractivity contribution in [3.05, 3.63) is 16.7 Å². The van der Waals surface area contributed by atoms with Gasteiger partial charge in [-0.1, -0.05) is 11.6 Å². The van der Waals surface area contributed by atoms with Crippen LogP contribution in [0.15, 0.2) is 6.07 Å². The number of pyridine rings is 1. The molecule has 0 saturated heterocycles. The van der Waals surface area contributed by atoms with Gasteiger partial charge in [-0.3, -0.25) is 4.79 Å². The third-order valence-electron chi connectivity index (χ3n) is 4.25. The molecule has 0 spiro atoms. The van der Waals surface area contributed by atoms with Gasteiger partial charge in [0.25, 0.3) is 5.91 Å². The molecular formula is C19H29ClN4O4. The van der Waals surface area contributed by atoms with Crippen molar-refractivity contribution in [2.45, 2.75) is 71.1 Å². The molecule has 1 aromatic rings. The highest BCUT2D eigenvalue weighted by Crippen LogP contribution is 2.30. The third-order valence-corrected chi connectivity index (χ3v) is 4.54. The van der Waals surface area contributed by atoms with E-state index in [0.29, 0.717) is 17.4 Å². The van der Waals surface area contributed by atoms with Gasteiger partial charge in [0.2, 0.25) is 5.88 Å². The zero-order valence-electron chi connectivity index (χ0n) is 16.8. The maximum atomic E-state index is 11.9. The minimum atomic E-state index is -0.643. The van der Waals surface area contributed by atoms with E-state index in [0.717, 1.165) is 25.7 Å². The van der Waals surface area contributed by atoms with Crippen LogP contribution in [0.2, 0.25) is 5.02 Å². The number of nitrogens with zero attached hydrogens (tertiary/aromatic N) is 1. The molecule has 0 aromatic carbocycles. The number of hydrogen-bond acceptors (Lipinski definition) is 6. The number of ether oxygens (including phenoxy) is 2. The summed E-state index contributed by atoms with van der Waals surface area (Å²) in [5, 5.41) is 6.40. The second-order valence-electron chi connectivity index (χ2n) is 7.87. The van der Waals surface area contributed by atoms with Crippen LogP contribution in [0, 0.1) is 0 Å². The van der Waals surface area contributed by atoms with Gasteiger partial charge >= 0.3 is 6.09 Å². The highest BCUT2D eigenvalue weighted by atomic mass is 35.5. The number of anilines is 1.